The van der Waals surface area contributed by atoms with Crippen molar-refractivity contribution in [2.45, 2.75) is 32.7 Å². The lowest BCUT2D eigenvalue weighted by Crippen LogP contribution is -2.38. The SMILES string of the molecule is CC(CO)C(C)NC(=O)CCc1nc2ccccc2s1. The van der Waals surface area contributed by atoms with Crippen LogP contribution < -0.4 is 5.32 Å². The maximum atomic E-state index is 11.8. The summed E-state index contributed by atoms with van der Waals surface area (Å²) in [5.41, 5.74) is 0.996. The topological polar surface area (TPSA) is 62.2 Å². The molecule has 0 radical (unpaired) electrons. The minimum atomic E-state index is -0.0112. The first-order chi connectivity index (χ1) is 9.60. The molecule has 0 spiro atoms. The molecule has 0 bridgehead atoms. The zero-order chi connectivity index (χ0) is 14.5. The number of thiazole rings is 1. The van der Waals surface area contributed by atoms with Crippen LogP contribution in [0.25, 0.3) is 10.2 Å². The van der Waals surface area contributed by atoms with Crippen LogP contribution in [-0.2, 0) is 11.2 Å². The fourth-order valence-corrected chi connectivity index (χ4v) is 2.84. The van der Waals surface area contributed by atoms with Crippen molar-refractivity contribution in [3.63, 3.8) is 0 Å². The minimum absolute atomic E-state index is 0.0112. The van der Waals surface area contributed by atoms with Gasteiger partial charge in [-0.3, -0.25) is 4.79 Å². The van der Waals surface area contributed by atoms with Gasteiger partial charge in [-0.1, -0.05) is 19.1 Å². The molecule has 2 N–H and O–H groups in total. The number of aliphatic hydroxyl groups is 1. The monoisotopic (exact) mass is 292 g/mol. The zero-order valence-corrected chi connectivity index (χ0v) is 12.6. The number of carbonyl (C=O) groups is 1. The van der Waals surface area contributed by atoms with Crippen molar-refractivity contribution in [1.29, 1.82) is 0 Å². The lowest BCUT2D eigenvalue weighted by molar-refractivity contribution is -0.122. The number of benzene rings is 1. The second-order valence-electron chi connectivity index (χ2n) is 5.09. The van der Waals surface area contributed by atoms with Gasteiger partial charge in [0.05, 0.1) is 15.2 Å². The van der Waals surface area contributed by atoms with Crippen LogP contribution in [0.4, 0.5) is 0 Å². The Labute approximate surface area is 122 Å². The van der Waals surface area contributed by atoms with Gasteiger partial charge in [0.1, 0.15) is 0 Å². The number of nitrogens with one attached hydrogen (secondary N) is 1. The second-order valence-corrected chi connectivity index (χ2v) is 6.21. The second kappa shape index (κ2) is 6.81. The summed E-state index contributed by atoms with van der Waals surface area (Å²) in [7, 11) is 0. The van der Waals surface area contributed by atoms with Crippen molar-refractivity contribution >= 4 is 27.5 Å². The van der Waals surface area contributed by atoms with Crippen LogP contribution in [0.2, 0.25) is 0 Å². The Balaban J connectivity index is 1.87. The molecule has 2 rings (SSSR count). The number of nitrogens with zero attached hydrogens (tertiary/aromatic N) is 1. The van der Waals surface area contributed by atoms with Gasteiger partial charge < -0.3 is 10.4 Å². The third kappa shape index (κ3) is 3.77. The van der Waals surface area contributed by atoms with Crippen molar-refractivity contribution in [1.82, 2.24) is 10.3 Å². The first-order valence-electron chi connectivity index (χ1n) is 6.85. The zero-order valence-electron chi connectivity index (χ0n) is 11.8. The van der Waals surface area contributed by atoms with Crippen LogP contribution in [-0.4, -0.2) is 28.6 Å². The molecule has 0 saturated carbocycles. The number of hydrogen-bond acceptors (Lipinski definition) is 4. The summed E-state index contributed by atoms with van der Waals surface area (Å²) in [6, 6.07) is 7.98. The van der Waals surface area contributed by atoms with Gasteiger partial charge in [0, 0.05) is 25.5 Å². The Morgan fingerprint density at radius 2 is 2.15 bits per heavy atom. The number of amides is 1. The van der Waals surface area contributed by atoms with E-state index >= 15 is 0 Å². The van der Waals surface area contributed by atoms with Gasteiger partial charge in [-0.15, -0.1) is 11.3 Å². The Morgan fingerprint density at radius 3 is 2.85 bits per heavy atom. The summed E-state index contributed by atoms with van der Waals surface area (Å²) < 4.78 is 1.16. The highest BCUT2D eigenvalue weighted by Gasteiger charge is 2.14. The molecule has 0 saturated heterocycles. The molecule has 4 nitrogen and oxygen atoms in total. The van der Waals surface area contributed by atoms with Gasteiger partial charge in [-0.05, 0) is 25.0 Å². The fourth-order valence-electron chi connectivity index (χ4n) is 1.87. The van der Waals surface area contributed by atoms with E-state index in [9.17, 15) is 4.79 Å². The first-order valence-corrected chi connectivity index (χ1v) is 7.66. The van der Waals surface area contributed by atoms with Crippen molar-refractivity contribution in [2.75, 3.05) is 6.61 Å². The molecule has 0 aliphatic carbocycles. The van der Waals surface area contributed by atoms with Crippen LogP contribution in [0.3, 0.4) is 0 Å². The Kier molecular flexibility index (Phi) is 5.09. The number of hydrogen-bond donors (Lipinski definition) is 2. The average Bonchev–Trinajstić information content (AvgIpc) is 2.87. The molecule has 2 atom stereocenters. The molecular weight excluding hydrogens is 272 g/mol. The average molecular weight is 292 g/mol. The number of carbonyl (C=O) groups excluding carboxylic acids is 1. The van der Waals surface area contributed by atoms with Gasteiger partial charge in [0.25, 0.3) is 0 Å². The first kappa shape index (κ1) is 14.9. The molecule has 0 aliphatic rings. The molecule has 5 heteroatoms. The number of para-hydroxylation sites is 1. The van der Waals surface area contributed by atoms with E-state index in [4.69, 9.17) is 5.11 Å². The maximum Gasteiger partial charge on any atom is 0.220 e. The van der Waals surface area contributed by atoms with Gasteiger partial charge >= 0.3 is 0 Å². The lowest BCUT2D eigenvalue weighted by atomic mass is 10.1. The smallest absolute Gasteiger partial charge is 0.220 e. The standard InChI is InChI=1S/C15H20N2O2S/c1-10(9-18)11(2)16-14(19)7-8-15-17-12-5-3-4-6-13(12)20-15/h3-6,10-11,18H,7-9H2,1-2H3,(H,16,19). The maximum absolute atomic E-state index is 11.8. The van der Waals surface area contributed by atoms with Gasteiger partial charge in [-0.2, -0.15) is 0 Å². The van der Waals surface area contributed by atoms with Crippen molar-refractivity contribution in [3.8, 4) is 0 Å². The molecule has 2 aromatic rings. The summed E-state index contributed by atoms with van der Waals surface area (Å²) in [6.45, 7) is 3.91. The third-order valence-corrected chi connectivity index (χ3v) is 4.53. The molecule has 2 unspecified atom stereocenters. The van der Waals surface area contributed by atoms with E-state index in [1.165, 1.54) is 0 Å². The highest BCUT2D eigenvalue weighted by molar-refractivity contribution is 7.18. The summed E-state index contributed by atoms with van der Waals surface area (Å²) in [6.07, 6.45) is 1.09. The van der Waals surface area contributed by atoms with E-state index < -0.39 is 0 Å². The number of aromatic nitrogens is 1. The summed E-state index contributed by atoms with van der Waals surface area (Å²) in [4.78, 5) is 16.4. The molecule has 1 aromatic heterocycles. The van der Waals surface area contributed by atoms with E-state index in [2.05, 4.69) is 10.3 Å². The number of rotatable bonds is 6. The number of aryl methyl sites for hydroxylation is 1. The predicted molar refractivity (Wildman–Crippen MR) is 81.8 cm³/mol. The fraction of sp³-hybridized carbons (Fsp3) is 0.467. The van der Waals surface area contributed by atoms with E-state index in [0.29, 0.717) is 12.8 Å². The summed E-state index contributed by atoms with van der Waals surface area (Å²) in [5, 5.41) is 12.9. The van der Waals surface area contributed by atoms with E-state index in [1.54, 1.807) is 11.3 Å². The molecular formula is C15H20N2O2S. The Morgan fingerprint density at radius 1 is 1.40 bits per heavy atom. The molecule has 1 aromatic carbocycles. The van der Waals surface area contributed by atoms with Gasteiger partial charge in [-0.25, -0.2) is 4.98 Å². The van der Waals surface area contributed by atoms with Gasteiger partial charge in [0.2, 0.25) is 5.91 Å². The van der Waals surface area contributed by atoms with E-state index in [1.807, 2.05) is 38.1 Å². The van der Waals surface area contributed by atoms with Crippen LogP contribution in [0.15, 0.2) is 24.3 Å². The molecule has 1 amide bonds. The predicted octanol–water partition coefficient (Wildman–Crippen LogP) is 2.36. The van der Waals surface area contributed by atoms with Crippen molar-refractivity contribution in [2.24, 2.45) is 5.92 Å². The molecule has 1 heterocycles. The van der Waals surface area contributed by atoms with Crippen LogP contribution >= 0.6 is 11.3 Å². The molecule has 0 aliphatic heterocycles. The largest absolute Gasteiger partial charge is 0.396 e. The van der Waals surface area contributed by atoms with Crippen LogP contribution in [0, 0.1) is 5.92 Å². The normalized spacial score (nSPS) is 14.2. The van der Waals surface area contributed by atoms with Crippen LogP contribution in [0.1, 0.15) is 25.3 Å². The lowest BCUT2D eigenvalue weighted by Gasteiger charge is -2.18. The van der Waals surface area contributed by atoms with Crippen molar-refractivity contribution in [3.05, 3.63) is 29.3 Å². The Bertz CT molecular complexity index is 549. The number of aliphatic hydroxyl groups excluding tert-OH is 1. The van der Waals surface area contributed by atoms with Crippen molar-refractivity contribution < 1.29 is 9.90 Å². The van der Waals surface area contributed by atoms with Gasteiger partial charge in [0.15, 0.2) is 0 Å². The quantitative estimate of drug-likeness (QED) is 0.859. The summed E-state index contributed by atoms with van der Waals surface area (Å²) in [5.74, 6) is 0.0819. The molecule has 20 heavy (non-hydrogen) atoms. The summed E-state index contributed by atoms with van der Waals surface area (Å²) >= 11 is 1.64. The highest BCUT2D eigenvalue weighted by atomic mass is 32.1. The minimum Gasteiger partial charge on any atom is -0.396 e. The highest BCUT2D eigenvalue weighted by Crippen LogP contribution is 2.22. The third-order valence-electron chi connectivity index (χ3n) is 3.43. The number of fused-ring (bicyclic) bond motifs is 1. The van der Waals surface area contributed by atoms with Crippen LogP contribution in [0.5, 0.6) is 0 Å². The molecule has 108 valence electrons. The Hall–Kier alpha value is -1.46. The van der Waals surface area contributed by atoms with E-state index in [-0.39, 0.29) is 24.5 Å². The molecule has 0 fully saturated rings. The van der Waals surface area contributed by atoms with E-state index in [0.717, 1.165) is 15.2 Å².